The van der Waals surface area contributed by atoms with Crippen LogP contribution in [0, 0.1) is 11.8 Å². The zero-order chi connectivity index (χ0) is 20.3. The predicted octanol–water partition coefficient (Wildman–Crippen LogP) is 3.42. The van der Waals surface area contributed by atoms with Crippen LogP contribution < -0.4 is 4.74 Å². The number of likely N-dealkylation sites (tertiary alicyclic amines) is 1. The van der Waals surface area contributed by atoms with E-state index in [9.17, 15) is 13.5 Å². The fourth-order valence-electron chi connectivity index (χ4n) is 3.56. The van der Waals surface area contributed by atoms with Gasteiger partial charge in [0, 0.05) is 36.8 Å². The minimum absolute atomic E-state index is 0.287. The average Bonchev–Trinajstić information content (AvgIpc) is 2.98. The van der Waals surface area contributed by atoms with Crippen molar-refractivity contribution in [1.29, 1.82) is 0 Å². The Balaban J connectivity index is 1.52. The Morgan fingerprint density at radius 1 is 1.21 bits per heavy atom. The molecule has 0 amide bonds. The molecule has 0 radical (unpaired) electrons. The van der Waals surface area contributed by atoms with Gasteiger partial charge in [0.05, 0.1) is 17.6 Å². The average molecular weight is 424 g/mol. The number of ether oxygens (including phenoxy) is 1. The monoisotopic (exact) mass is 423 g/mol. The van der Waals surface area contributed by atoms with Gasteiger partial charge in [0.1, 0.15) is 5.75 Å². The van der Waals surface area contributed by atoms with Gasteiger partial charge in [0.25, 0.3) is 0 Å². The highest BCUT2D eigenvalue weighted by Crippen LogP contribution is 2.27. The maximum absolute atomic E-state index is 11.5. The lowest BCUT2D eigenvalue weighted by molar-refractivity contribution is 0.121. The highest BCUT2D eigenvalue weighted by molar-refractivity contribution is 7.90. The number of sulfone groups is 1. The summed E-state index contributed by atoms with van der Waals surface area (Å²) < 4.78 is 28.9. The number of nitrogens with zero attached hydrogens (tertiary/aromatic N) is 1. The number of hydrogen-bond donors (Lipinski definition) is 1. The smallest absolute Gasteiger partial charge is 0.175 e. The third-order valence-corrected chi connectivity index (χ3v) is 6.59. The molecule has 0 saturated carbocycles. The Morgan fingerprint density at radius 2 is 1.93 bits per heavy atom. The van der Waals surface area contributed by atoms with Crippen LogP contribution in [0.15, 0.2) is 53.4 Å². The van der Waals surface area contributed by atoms with Crippen molar-refractivity contribution in [1.82, 2.24) is 4.90 Å². The summed E-state index contributed by atoms with van der Waals surface area (Å²) in [6, 6.07) is 13.8. The molecule has 3 rings (SSSR count). The fourth-order valence-corrected chi connectivity index (χ4v) is 4.39. The number of rotatable bonds is 7. The van der Waals surface area contributed by atoms with Crippen molar-refractivity contribution in [2.75, 3.05) is 32.5 Å². The van der Waals surface area contributed by atoms with Crippen molar-refractivity contribution in [2.24, 2.45) is 11.8 Å². The highest BCUT2D eigenvalue weighted by Gasteiger charge is 2.31. The van der Waals surface area contributed by atoms with Crippen molar-refractivity contribution >= 4 is 21.4 Å². The third kappa shape index (κ3) is 5.47. The summed E-state index contributed by atoms with van der Waals surface area (Å²) in [7, 11) is -3.20. The van der Waals surface area contributed by atoms with Crippen molar-refractivity contribution in [3.05, 3.63) is 59.1 Å². The van der Waals surface area contributed by atoms with Gasteiger partial charge in [0.15, 0.2) is 9.84 Å². The Hall–Kier alpha value is -1.60. The molecule has 0 aliphatic carbocycles. The lowest BCUT2D eigenvalue weighted by Crippen LogP contribution is -2.27. The summed E-state index contributed by atoms with van der Waals surface area (Å²) >= 11 is 6.01. The van der Waals surface area contributed by atoms with E-state index in [-0.39, 0.29) is 4.90 Å². The van der Waals surface area contributed by atoms with Gasteiger partial charge >= 0.3 is 0 Å². The summed E-state index contributed by atoms with van der Waals surface area (Å²) in [5.41, 5.74) is 0.825. The van der Waals surface area contributed by atoms with Crippen molar-refractivity contribution in [3.8, 4) is 5.75 Å². The molecule has 0 unspecified atom stereocenters. The summed E-state index contributed by atoms with van der Waals surface area (Å²) in [5, 5.41) is 11.1. The van der Waals surface area contributed by atoms with Crippen LogP contribution in [-0.4, -0.2) is 50.9 Å². The molecule has 152 valence electrons. The molecule has 1 heterocycles. The van der Waals surface area contributed by atoms with Gasteiger partial charge in [-0.15, -0.1) is 0 Å². The van der Waals surface area contributed by atoms with E-state index in [1.807, 2.05) is 12.1 Å². The van der Waals surface area contributed by atoms with Crippen LogP contribution in [0.2, 0.25) is 5.02 Å². The summed E-state index contributed by atoms with van der Waals surface area (Å²) in [6.45, 7) is 5.05. The number of benzene rings is 2. The maximum atomic E-state index is 11.5. The summed E-state index contributed by atoms with van der Waals surface area (Å²) in [4.78, 5) is 2.53. The standard InChI is InChI=1S/C21H26ClNO4S/c1-15-11-23(13-21(24)16-4-3-5-18(22)10-16)12-17(15)14-27-19-6-8-20(9-7-19)28(2,25)26/h3-10,15,17,21,24H,11-14H2,1-2H3/t15-,17+,21+/m1/s1. The van der Waals surface area contributed by atoms with Crippen molar-refractivity contribution in [2.45, 2.75) is 17.9 Å². The topological polar surface area (TPSA) is 66.8 Å². The first-order chi connectivity index (χ1) is 13.2. The molecule has 28 heavy (non-hydrogen) atoms. The van der Waals surface area contributed by atoms with E-state index >= 15 is 0 Å². The van der Waals surface area contributed by atoms with Gasteiger partial charge in [-0.05, 0) is 47.9 Å². The number of β-amino-alcohol motifs (C(OH)–C–C–N with tert-alkyl or cyclic N) is 1. The third-order valence-electron chi connectivity index (χ3n) is 5.22. The van der Waals surface area contributed by atoms with Crippen LogP contribution in [-0.2, 0) is 9.84 Å². The summed E-state index contributed by atoms with van der Waals surface area (Å²) in [6.07, 6.45) is 0.615. The normalized spacial score (nSPS) is 21.6. The Bertz CT molecular complexity index is 901. The second-order valence-corrected chi connectivity index (χ2v) is 10.0. The van der Waals surface area contributed by atoms with Crippen LogP contribution in [0.5, 0.6) is 5.75 Å². The molecule has 1 saturated heterocycles. The van der Waals surface area contributed by atoms with Crippen LogP contribution in [0.4, 0.5) is 0 Å². The molecular weight excluding hydrogens is 398 g/mol. The molecule has 1 aliphatic heterocycles. The molecule has 2 aromatic carbocycles. The number of halogens is 1. The molecule has 1 N–H and O–H groups in total. The van der Waals surface area contributed by atoms with Gasteiger partial charge in [-0.1, -0.05) is 30.7 Å². The molecular formula is C21H26ClNO4S. The molecule has 1 fully saturated rings. The molecule has 1 aliphatic rings. The number of aliphatic hydroxyl groups is 1. The maximum Gasteiger partial charge on any atom is 0.175 e. The first-order valence-electron chi connectivity index (χ1n) is 9.31. The van der Waals surface area contributed by atoms with Crippen LogP contribution in [0.25, 0.3) is 0 Å². The van der Waals surface area contributed by atoms with Gasteiger partial charge in [-0.25, -0.2) is 8.42 Å². The largest absolute Gasteiger partial charge is 0.493 e. The Labute approximate surface area is 171 Å². The van der Waals surface area contributed by atoms with E-state index in [0.29, 0.717) is 35.8 Å². The highest BCUT2D eigenvalue weighted by atomic mass is 35.5. The van der Waals surface area contributed by atoms with Gasteiger partial charge in [-0.3, -0.25) is 4.90 Å². The predicted molar refractivity (Wildman–Crippen MR) is 111 cm³/mol. The Morgan fingerprint density at radius 3 is 2.57 bits per heavy atom. The van der Waals surface area contributed by atoms with E-state index in [0.717, 1.165) is 18.7 Å². The second kappa shape index (κ2) is 8.82. The quantitative estimate of drug-likeness (QED) is 0.739. The second-order valence-electron chi connectivity index (χ2n) is 7.58. The minimum atomic E-state index is -3.20. The van der Waals surface area contributed by atoms with Crippen molar-refractivity contribution < 1.29 is 18.3 Å². The SMILES string of the molecule is C[C@@H]1CN(C[C@H](O)c2cccc(Cl)c2)C[C@H]1COc1ccc(S(C)(=O)=O)cc1. The van der Waals surface area contributed by atoms with Crippen LogP contribution in [0.1, 0.15) is 18.6 Å². The van der Waals surface area contributed by atoms with E-state index in [1.165, 1.54) is 6.26 Å². The summed E-state index contributed by atoms with van der Waals surface area (Å²) in [5.74, 6) is 1.46. The molecule has 2 aromatic rings. The Kier molecular flexibility index (Phi) is 6.65. The van der Waals surface area contributed by atoms with Crippen molar-refractivity contribution in [3.63, 3.8) is 0 Å². The van der Waals surface area contributed by atoms with Crippen LogP contribution >= 0.6 is 11.6 Å². The zero-order valence-corrected chi connectivity index (χ0v) is 17.7. The van der Waals surface area contributed by atoms with E-state index < -0.39 is 15.9 Å². The van der Waals surface area contributed by atoms with Gasteiger partial charge in [-0.2, -0.15) is 0 Å². The van der Waals surface area contributed by atoms with E-state index in [2.05, 4.69) is 11.8 Å². The van der Waals surface area contributed by atoms with E-state index in [4.69, 9.17) is 16.3 Å². The zero-order valence-electron chi connectivity index (χ0n) is 16.1. The molecule has 7 heteroatoms. The minimum Gasteiger partial charge on any atom is -0.493 e. The van der Waals surface area contributed by atoms with Crippen LogP contribution in [0.3, 0.4) is 0 Å². The first kappa shape index (κ1) is 21.1. The lowest BCUT2D eigenvalue weighted by Gasteiger charge is -2.20. The molecule has 5 nitrogen and oxygen atoms in total. The van der Waals surface area contributed by atoms with Gasteiger partial charge < -0.3 is 9.84 Å². The lowest BCUT2D eigenvalue weighted by atomic mass is 9.99. The van der Waals surface area contributed by atoms with E-state index in [1.54, 1.807) is 36.4 Å². The number of hydrogen-bond acceptors (Lipinski definition) is 5. The molecule has 0 spiro atoms. The van der Waals surface area contributed by atoms with Gasteiger partial charge in [0.2, 0.25) is 0 Å². The fraction of sp³-hybridized carbons (Fsp3) is 0.429. The molecule has 3 atom stereocenters. The molecule has 0 bridgehead atoms. The first-order valence-corrected chi connectivity index (χ1v) is 11.6. The molecule has 0 aromatic heterocycles. The number of aliphatic hydroxyl groups excluding tert-OH is 1.